The molecule has 0 N–H and O–H groups in total. The molecule has 142 valence electrons. The summed E-state index contributed by atoms with van der Waals surface area (Å²) in [5.41, 5.74) is 2.91. The number of fused-ring (bicyclic) bond motifs is 1. The number of aryl methyl sites for hydroxylation is 2. The summed E-state index contributed by atoms with van der Waals surface area (Å²) in [7, 11) is -1.51. The van der Waals surface area contributed by atoms with Gasteiger partial charge in [0, 0.05) is 13.1 Å². The number of amides is 1. The smallest absolute Gasteiger partial charge is 0.338 e. The summed E-state index contributed by atoms with van der Waals surface area (Å²) >= 11 is 0. The molecule has 3 rings (SSSR count). The van der Waals surface area contributed by atoms with Crippen LogP contribution in [0.25, 0.3) is 0 Å². The van der Waals surface area contributed by atoms with Gasteiger partial charge in [0.25, 0.3) is 5.91 Å². The van der Waals surface area contributed by atoms with Crippen LogP contribution in [0.2, 0.25) is 0 Å². The number of sulfone groups is 1. The number of benzene rings is 1. The summed E-state index contributed by atoms with van der Waals surface area (Å²) < 4.78 is 28.5. The predicted octanol–water partition coefficient (Wildman–Crippen LogP) is 1.76. The first kappa shape index (κ1) is 18.9. The van der Waals surface area contributed by atoms with Crippen molar-refractivity contribution in [3.8, 4) is 0 Å². The molecule has 2 atom stereocenters. The van der Waals surface area contributed by atoms with E-state index in [4.69, 9.17) is 4.74 Å². The molecule has 0 aromatic heterocycles. The Bertz CT molecular complexity index is 817. The van der Waals surface area contributed by atoms with Gasteiger partial charge in [0.2, 0.25) is 0 Å². The predicted molar refractivity (Wildman–Crippen MR) is 97.8 cm³/mol. The molecule has 2 aliphatic rings. The lowest BCUT2D eigenvalue weighted by Crippen LogP contribution is -2.44. The number of esters is 1. The van der Waals surface area contributed by atoms with E-state index in [2.05, 4.69) is 0 Å². The molecular weight excluding hydrogens is 354 g/mol. The molecule has 1 aliphatic carbocycles. The first-order valence-corrected chi connectivity index (χ1v) is 10.9. The summed E-state index contributed by atoms with van der Waals surface area (Å²) in [6.45, 7) is 1.53. The first-order valence-electron chi connectivity index (χ1n) is 9.07. The van der Waals surface area contributed by atoms with Crippen LogP contribution in [0.3, 0.4) is 0 Å². The molecule has 1 aromatic rings. The third-order valence-corrected chi connectivity index (χ3v) is 7.07. The molecule has 0 saturated carbocycles. The van der Waals surface area contributed by atoms with Crippen molar-refractivity contribution in [3.63, 3.8) is 0 Å². The summed E-state index contributed by atoms with van der Waals surface area (Å²) in [5.74, 6) is -0.829. The van der Waals surface area contributed by atoms with E-state index in [1.54, 1.807) is 13.1 Å². The molecule has 0 bridgehead atoms. The minimum atomic E-state index is -3.08. The van der Waals surface area contributed by atoms with E-state index in [9.17, 15) is 18.0 Å². The molecule has 1 aliphatic heterocycles. The SMILES string of the molecule is C[C@@H](OC(=O)c1ccc2c(c1)CCCC2)C(=O)N(C)[C@@H]1CCS(=O)(=O)C1. The molecule has 6 nitrogen and oxygen atoms in total. The number of carbonyl (C=O) groups excluding carboxylic acids is 2. The lowest BCUT2D eigenvalue weighted by atomic mass is 9.90. The molecule has 0 spiro atoms. The van der Waals surface area contributed by atoms with Crippen molar-refractivity contribution in [2.24, 2.45) is 0 Å². The van der Waals surface area contributed by atoms with Crippen LogP contribution in [0, 0.1) is 0 Å². The largest absolute Gasteiger partial charge is 0.449 e. The van der Waals surface area contributed by atoms with E-state index in [0.29, 0.717) is 12.0 Å². The average Bonchev–Trinajstić information content (AvgIpc) is 2.99. The maximum atomic E-state index is 12.5. The Hall–Kier alpha value is -1.89. The molecule has 1 aromatic carbocycles. The summed E-state index contributed by atoms with van der Waals surface area (Å²) in [6, 6.07) is 5.23. The molecule has 1 saturated heterocycles. The zero-order valence-electron chi connectivity index (χ0n) is 15.2. The Balaban J connectivity index is 1.62. The van der Waals surface area contributed by atoms with E-state index >= 15 is 0 Å². The van der Waals surface area contributed by atoms with Crippen molar-refractivity contribution >= 4 is 21.7 Å². The molecule has 1 fully saturated rings. The van der Waals surface area contributed by atoms with Crippen LogP contribution in [0.5, 0.6) is 0 Å². The highest BCUT2D eigenvalue weighted by atomic mass is 32.2. The average molecular weight is 379 g/mol. The van der Waals surface area contributed by atoms with Crippen molar-refractivity contribution < 1.29 is 22.7 Å². The summed E-state index contributed by atoms with van der Waals surface area (Å²) in [4.78, 5) is 26.3. The number of hydrogen-bond donors (Lipinski definition) is 0. The normalized spacial score (nSPS) is 22.3. The van der Waals surface area contributed by atoms with E-state index in [-0.39, 0.29) is 23.5 Å². The molecular formula is C19H25NO5S. The van der Waals surface area contributed by atoms with Gasteiger partial charge in [-0.15, -0.1) is 0 Å². The van der Waals surface area contributed by atoms with Gasteiger partial charge in [-0.2, -0.15) is 0 Å². The monoisotopic (exact) mass is 379 g/mol. The fourth-order valence-electron chi connectivity index (χ4n) is 3.69. The minimum absolute atomic E-state index is 0.0271. The van der Waals surface area contributed by atoms with Gasteiger partial charge < -0.3 is 9.64 Å². The van der Waals surface area contributed by atoms with Gasteiger partial charge in [0.05, 0.1) is 17.1 Å². The van der Waals surface area contributed by atoms with E-state index in [1.165, 1.54) is 29.4 Å². The standard InChI is InChI=1S/C19H25NO5S/c1-13(18(21)20(2)17-9-10-26(23,24)12-17)25-19(22)16-8-7-14-5-3-4-6-15(14)11-16/h7-8,11,13,17H,3-6,9-10,12H2,1-2H3/t13-,17-/m1/s1. The second kappa shape index (κ2) is 7.39. The van der Waals surface area contributed by atoms with Gasteiger partial charge in [-0.05, 0) is 62.3 Å². The fraction of sp³-hybridized carbons (Fsp3) is 0.579. The highest BCUT2D eigenvalue weighted by Gasteiger charge is 2.35. The molecule has 7 heteroatoms. The van der Waals surface area contributed by atoms with Crippen molar-refractivity contribution in [2.45, 2.75) is 51.2 Å². The fourth-order valence-corrected chi connectivity index (χ4v) is 5.46. The number of rotatable bonds is 4. The van der Waals surface area contributed by atoms with Crippen molar-refractivity contribution in [1.29, 1.82) is 0 Å². The second-order valence-electron chi connectivity index (χ2n) is 7.24. The van der Waals surface area contributed by atoms with Gasteiger partial charge in [-0.1, -0.05) is 6.07 Å². The quantitative estimate of drug-likeness (QED) is 0.745. The van der Waals surface area contributed by atoms with E-state index in [0.717, 1.165) is 19.3 Å². The zero-order chi connectivity index (χ0) is 18.9. The highest BCUT2D eigenvalue weighted by molar-refractivity contribution is 7.91. The molecule has 0 unspecified atom stereocenters. The van der Waals surface area contributed by atoms with Gasteiger partial charge in [0.15, 0.2) is 15.9 Å². The maximum Gasteiger partial charge on any atom is 0.338 e. The Labute approximate surface area is 154 Å². The minimum Gasteiger partial charge on any atom is -0.449 e. The van der Waals surface area contributed by atoms with Crippen LogP contribution in [0.1, 0.15) is 47.7 Å². The highest BCUT2D eigenvalue weighted by Crippen LogP contribution is 2.23. The number of ether oxygens (including phenoxy) is 1. The van der Waals surface area contributed by atoms with Gasteiger partial charge in [-0.3, -0.25) is 4.79 Å². The van der Waals surface area contributed by atoms with Gasteiger partial charge in [0.1, 0.15) is 0 Å². The van der Waals surface area contributed by atoms with Crippen LogP contribution in [-0.4, -0.2) is 55.9 Å². The van der Waals surface area contributed by atoms with E-state index in [1.807, 2.05) is 12.1 Å². The number of carbonyl (C=O) groups is 2. The second-order valence-corrected chi connectivity index (χ2v) is 9.47. The number of nitrogens with zero attached hydrogens (tertiary/aromatic N) is 1. The van der Waals surface area contributed by atoms with Crippen molar-refractivity contribution in [1.82, 2.24) is 4.90 Å². The van der Waals surface area contributed by atoms with Crippen LogP contribution < -0.4 is 0 Å². The molecule has 1 amide bonds. The Morgan fingerprint density at radius 2 is 1.88 bits per heavy atom. The number of hydrogen-bond acceptors (Lipinski definition) is 5. The summed E-state index contributed by atoms with van der Waals surface area (Å²) in [5, 5.41) is 0. The third kappa shape index (κ3) is 4.09. The Morgan fingerprint density at radius 3 is 2.54 bits per heavy atom. The molecule has 26 heavy (non-hydrogen) atoms. The van der Waals surface area contributed by atoms with Crippen LogP contribution in [-0.2, 0) is 32.2 Å². The first-order chi connectivity index (χ1) is 12.3. The topological polar surface area (TPSA) is 80.8 Å². The van der Waals surface area contributed by atoms with Crippen molar-refractivity contribution in [3.05, 3.63) is 34.9 Å². The maximum absolute atomic E-state index is 12.5. The third-order valence-electron chi connectivity index (χ3n) is 5.32. The lowest BCUT2D eigenvalue weighted by molar-refractivity contribution is -0.140. The van der Waals surface area contributed by atoms with Gasteiger partial charge in [-0.25, -0.2) is 13.2 Å². The van der Waals surface area contributed by atoms with Gasteiger partial charge >= 0.3 is 5.97 Å². The van der Waals surface area contributed by atoms with Crippen LogP contribution in [0.4, 0.5) is 0 Å². The van der Waals surface area contributed by atoms with E-state index < -0.39 is 21.9 Å². The van der Waals surface area contributed by atoms with Crippen LogP contribution >= 0.6 is 0 Å². The summed E-state index contributed by atoms with van der Waals surface area (Å²) in [6.07, 6.45) is 3.77. The zero-order valence-corrected chi connectivity index (χ0v) is 16.0. The van der Waals surface area contributed by atoms with Crippen molar-refractivity contribution in [2.75, 3.05) is 18.6 Å². The molecule has 1 heterocycles. The lowest BCUT2D eigenvalue weighted by Gasteiger charge is -2.26. The molecule has 0 radical (unpaired) electrons. The van der Waals surface area contributed by atoms with Crippen LogP contribution in [0.15, 0.2) is 18.2 Å². The number of likely N-dealkylation sites (N-methyl/N-ethyl adjacent to an activating group) is 1. The Morgan fingerprint density at radius 1 is 1.19 bits per heavy atom. The Kier molecular flexibility index (Phi) is 5.37.